The number of hydrogen-bond acceptors (Lipinski definition) is 4. The Morgan fingerprint density at radius 3 is 2.33 bits per heavy atom. The van der Waals surface area contributed by atoms with E-state index in [1.54, 1.807) is 13.0 Å². The molecule has 0 spiro atoms. The van der Waals surface area contributed by atoms with Crippen LogP contribution in [0.5, 0.6) is 0 Å². The number of sulfonamides is 1. The third kappa shape index (κ3) is 3.16. The largest absolute Gasteiger partial charge is 0.458 e. The van der Waals surface area contributed by atoms with E-state index in [1.165, 1.54) is 13.0 Å². The lowest BCUT2D eigenvalue weighted by atomic mass is 10.3. The second kappa shape index (κ2) is 5.75. The summed E-state index contributed by atoms with van der Waals surface area (Å²) in [6.07, 6.45) is 0. The number of aromatic nitrogens is 2. The lowest BCUT2D eigenvalue weighted by Gasteiger charge is -2.07. The zero-order valence-electron chi connectivity index (χ0n) is 12.7. The number of hydrogen-bond donors (Lipinski definition) is 2. The number of nitrogens with zero attached hydrogens (tertiary/aromatic N) is 1. The van der Waals surface area contributed by atoms with Gasteiger partial charge < -0.3 is 4.42 Å². The van der Waals surface area contributed by atoms with Crippen LogP contribution >= 0.6 is 0 Å². The first-order chi connectivity index (χ1) is 11.2. The van der Waals surface area contributed by atoms with Crippen LogP contribution < -0.4 is 4.72 Å². The molecule has 126 valence electrons. The standard InChI is InChI=1S/C15H13F2N3O3S/c1-8-3-13(19-18-8)14-7-15(9(2)23-14)24(21,22)20-12-5-10(16)4-11(17)6-12/h3-7,20H,1-2H3,(H,18,19). The highest BCUT2D eigenvalue weighted by molar-refractivity contribution is 7.92. The van der Waals surface area contributed by atoms with Gasteiger partial charge in [-0.05, 0) is 32.0 Å². The molecule has 6 nitrogen and oxygen atoms in total. The molecule has 1 aromatic carbocycles. The van der Waals surface area contributed by atoms with Gasteiger partial charge in [-0.15, -0.1) is 0 Å². The molecule has 0 aliphatic heterocycles. The zero-order valence-corrected chi connectivity index (χ0v) is 13.5. The Morgan fingerprint density at radius 2 is 1.75 bits per heavy atom. The second-order valence-corrected chi connectivity index (χ2v) is 6.88. The van der Waals surface area contributed by atoms with Crippen LogP contribution in [-0.2, 0) is 10.0 Å². The highest BCUT2D eigenvalue weighted by atomic mass is 32.2. The molecule has 0 aliphatic rings. The van der Waals surface area contributed by atoms with Gasteiger partial charge in [0, 0.05) is 17.8 Å². The maximum Gasteiger partial charge on any atom is 0.265 e. The lowest BCUT2D eigenvalue weighted by Crippen LogP contribution is -2.13. The minimum absolute atomic E-state index is 0.134. The first kappa shape index (κ1) is 16.2. The number of rotatable bonds is 4. The summed E-state index contributed by atoms with van der Waals surface area (Å²) in [5.41, 5.74) is 1.02. The second-order valence-electron chi connectivity index (χ2n) is 5.23. The van der Waals surface area contributed by atoms with Gasteiger partial charge in [-0.3, -0.25) is 9.82 Å². The van der Waals surface area contributed by atoms with E-state index in [-0.39, 0.29) is 22.1 Å². The number of nitrogens with one attached hydrogen (secondary N) is 2. The molecule has 0 radical (unpaired) electrons. The van der Waals surface area contributed by atoms with Gasteiger partial charge in [0.1, 0.15) is 28.0 Å². The maximum absolute atomic E-state index is 13.2. The van der Waals surface area contributed by atoms with Gasteiger partial charge in [0.05, 0.1) is 5.69 Å². The van der Waals surface area contributed by atoms with E-state index in [2.05, 4.69) is 14.9 Å². The Morgan fingerprint density at radius 1 is 1.08 bits per heavy atom. The molecule has 2 aromatic heterocycles. The first-order valence-electron chi connectivity index (χ1n) is 6.86. The summed E-state index contributed by atoms with van der Waals surface area (Å²) < 4.78 is 58.9. The number of halogens is 2. The number of benzene rings is 1. The number of H-pyrrole nitrogens is 1. The molecule has 0 amide bonds. The van der Waals surface area contributed by atoms with E-state index in [4.69, 9.17) is 4.42 Å². The van der Waals surface area contributed by atoms with Crippen molar-refractivity contribution in [1.29, 1.82) is 0 Å². The summed E-state index contributed by atoms with van der Waals surface area (Å²) in [7, 11) is -4.07. The molecular formula is C15H13F2N3O3S. The molecule has 3 rings (SSSR count). The Labute approximate surface area is 136 Å². The third-order valence-corrected chi connectivity index (χ3v) is 4.72. The van der Waals surface area contributed by atoms with E-state index in [1.807, 2.05) is 0 Å². The molecule has 0 unspecified atom stereocenters. The summed E-state index contributed by atoms with van der Waals surface area (Å²) >= 11 is 0. The molecule has 0 saturated heterocycles. The average Bonchev–Trinajstić information content (AvgIpc) is 3.03. The smallest absolute Gasteiger partial charge is 0.265 e. The van der Waals surface area contributed by atoms with Crippen molar-refractivity contribution in [2.45, 2.75) is 18.7 Å². The van der Waals surface area contributed by atoms with Crippen molar-refractivity contribution in [3.8, 4) is 11.5 Å². The Hall–Kier alpha value is -2.68. The maximum atomic E-state index is 13.2. The van der Waals surface area contributed by atoms with Crippen molar-refractivity contribution in [3.63, 3.8) is 0 Å². The highest BCUT2D eigenvalue weighted by Gasteiger charge is 2.23. The number of aromatic amines is 1. The van der Waals surface area contributed by atoms with Crippen LogP contribution in [0.15, 0.2) is 39.6 Å². The van der Waals surface area contributed by atoms with Crippen LogP contribution in [0.25, 0.3) is 11.5 Å². The predicted molar refractivity (Wildman–Crippen MR) is 82.9 cm³/mol. The van der Waals surface area contributed by atoms with Gasteiger partial charge >= 0.3 is 0 Å². The quantitative estimate of drug-likeness (QED) is 0.753. The van der Waals surface area contributed by atoms with E-state index in [0.29, 0.717) is 11.8 Å². The fourth-order valence-electron chi connectivity index (χ4n) is 2.23. The summed E-state index contributed by atoms with van der Waals surface area (Å²) in [6.45, 7) is 3.27. The van der Waals surface area contributed by atoms with Crippen LogP contribution in [0.1, 0.15) is 11.5 Å². The molecule has 0 fully saturated rings. The van der Waals surface area contributed by atoms with Gasteiger partial charge in [-0.25, -0.2) is 17.2 Å². The molecule has 0 saturated carbocycles. The number of furan rings is 1. The average molecular weight is 353 g/mol. The van der Waals surface area contributed by atoms with E-state index >= 15 is 0 Å². The van der Waals surface area contributed by atoms with Crippen LogP contribution in [-0.4, -0.2) is 18.6 Å². The predicted octanol–water partition coefficient (Wildman–Crippen LogP) is 3.37. The molecule has 2 heterocycles. The van der Waals surface area contributed by atoms with Gasteiger partial charge in [-0.1, -0.05) is 0 Å². The van der Waals surface area contributed by atoms with E-state index < -0.39 is 21.7 Å². The van der Waals surface area contributed by atoms with Crippen molar-refractivity contribution in [2.24, 2.45) is 0 Å². The van der Waals surface area contributed by atoms with Crippen molar-refractivity contribution in [2.75, 3.05) is 4.72 Å². The minimum Gasteiger partial charge on any atom is -0.458 e. The SMILES string of the molecule is Cc1cc(-c2cc(S(=O)(=O)Nc3cc(F)cc(F)c3)c(C)o2)n[nH]1. The Kier molecular flexibility index (Phi) is 3.88. The summed E-state index contributed by atoms with van der Waals surface area (Å²) in [5, 5.41) is 6.73. The summed E-state index contributed by atoms with van der Waals surface area (Å²) in [5.74, 6) is -1.37. The lowest BCUT2D eigenvalue weighted by molar-refractivity contribution is 0.533. The minimum atomic E-state index is -4.07. The monoisotopic (exact) mass is 353 g/mol. The van der Waals surface area contributed by atoms with Gasteiger partial charge in [0.15, 0.2) is 5.76 Å². The molecule has 24 heavy (non-hydrogen) atoms. The van der Waals surface area contributed by atoms with Crippen molar-refractivity contribution < 1.29 is 21.6 Å². The summed E-state index contributed by atoms with van der Waals surface area (Å²) in [6, 6.07) is 5.42. The van der Waals surface area contributed by atoms with Crippen molar-refractivity contribution >= 4 is 15.7 Å². The first-order valence-corrected chi connectivity index (χ1v) is 8.34. The fourth-order valence-corrected chi connectivity index (χ4v) is 3.45. The molecule has 0 aliphatic carbocycles. The zero-order chi connectivity index (χ0) is 17.5. The number of aryl methyl sites for hydroxylation is 2. The molecule has 9 heteroatoms. The third-order valence-electron chi connectivity index (χ3n) is 3.23. The van der Waals surface area contributed by atoms with Crippen LogP contribution in [0.4, 0.5) is 14.5 Å². The van der Waals surface area contributed by atoms with Crippen molar-refractivity contribution in [3.05, 3.63) is 53.4 Å². The molecule has 0 atom stereocenters. The van der Waals surface area contributed by atoms with Crippen LogP contribution in [0, 0.1) is 25.5 Å². The number of anilines is 1. The van der Waals surface area contributed by atoms with Gasteiger partial charge in [0.25, 0.3) is 10.0 Å². The van der Waals surface area contributed by atoms with Gasteiger partial charge in [-0.2, -0.15) is 5.10 Å². The topological polar surface area (TPSA) is 88.0 Å². The van der Waals surface area contributed by atoms with Crippen molar-refractivity contribution in [1.82, 2.24) is 10.2 Å². The van der Waals surface area contributed by atoms with Gasteiger partial charge in [0.2, 0.25) is 0 Å². The molecule has 2 N–H and O–H groups in total. The highest BCUT2D eigenvalue weighted by Crippen LogP contribution is 2.29. The van der Waals surface area contributed by atoms with E-state index in [9.17, 15) is 17.2 Å². The Bertz CT molecular complexity index is 989. The van der Waals surface area contributed by atoms with Crippen LogP contribution in [0.3, 0.4) is 0 Å². The van der Waals surface area contributed by atoms with E-state index in [0.717, 1.165) is 17.8 Å². The Balaban J connectivity index is 1.96. The van der Waals surface area contributed by atoms with Crippen LogP contribution in [0.2, 0.25) is 0 Å². The molecule has 3 aromatic rings. The fraction of sp³-hybridized carbons (Fsp3) is 0.133. The normalized spacial score (nSPS) is 11.7. The molecule has 0 bridgehead atoms. The molecular weight excluding hydrogens is 340 g/mol. The summed E-state index contributed by atoms with van der Waals surface area (Å²) in [4.78, 5) is -0.136.